The quantitative estimate of drug-likeness (QED) is 0.420. The molecule has 0 saturated heterocycles. The van der Waals surface area contributed by atoms with Crippen molar-refractivity contribution in [1.82, 2.24) is 15.1 Å². The number of aliphatic carboxylic acids is 1. The van der Waals surface area contributed by atoms with Gasteiger partial charge in [-0.3, -0.25) is 14.8 Å². The third-order valence-electron chi connectivity index (χ3n) is 5.80. The monoisotopic (exact) mass is 464 g/mol. The molecule has 0 saturated carbocycles. The van der Waals surface area contributed by atoms with Crippen molar-refractivity contribution < 1.29 is 29.3 Å². The number of hydrogen-bond acceptors (Lipinski definition) is 6. The second-order valence-corrected chi connectivity index (χ2v) is 8.24. The first-order valence-electron chi connectivity index (χ1n) is 10.6. The van der Waals surface area contributed by atoms with E-state index in [9.17, 15) is 19.5 Å². The molecule has 2 amide bonds. The number of rotatable bonds is 7. The third-order valence-corrected chi connectivity index (χ3v) is 5.80. The van der Waals surface area contributed by atoms with E-state index in [2.05, 4.69) is 15.7 Å². The Labute approximate surface area is 195 Å². The van der Waals surface area contributed by atoms with Crippen LogP contribution in [0.5, 0.6) is 0 Å². The Hall–Kier alpha value is -4.18. The molecule has 4 rings (SSSR count). The summed E-state index contributed by atoms with van der Waals surface area (Å²) >= 11 is 0. The zero-order chi connectivity index (χ0) is 24.5. The maximum absolute atomic E-state index is 12.6. The van der Waals surface area contributed by atoms with Gasteiger partial charge in [-0.25, -0.2) is 9.59 Å². The van der Waals surface area contributed by atoms with Gasteiger partial charge in [-0.1, -0.05) is 48.5 Å². The van der Waals surface area contributed by atoms with Gasteiger partial charge in [-0.05, 0) is 29.2 Å². The van der Waals surface area contributed by atoms with Gasteiger partial charge in [0, 0.05) is 13.0 Å². The van der Waals surface area contributed by atoms with Crippen LogP contribution in [0.1, 0.15) is 34.3 Å². The number of nitrogens with zero attached hydrogens (tertiary/aromatic N) is 2. The molecule has 1 aliphatic carbocycles. The Morgan fingerprint density at radius 3 is 2.26 bits per heavy atom. The second-order valence-electron chi connectivity index (χ2n) is 8.24. The molecule has 10 heteroatoms. The molecule has 10 nitrogen and oxygen atoms in total. The fourth-order valence-corrected chi connectivity index (χ4v) is 3.91. The molecule has 1 aromatic heterocycles. The number of fused-ring (bicyclic) bond motifs is 3. The number of amides is 2. The van der Waals surface area contributed by atoms with E-state index in [0.717, 1.165) is 29.2 Å². The van der Waals surface area contributed by atoms with Crippen LogP contribution in [0.25, 0.3) is 11.1 Å². The lowest BCUT2D eigenvalue weighted by Crippen LogP contribution is -2.46. The molecule has 0 fully saturated rings. The first-order valence-corrected chi connectivity index (χ1v) is 10.6. The molecule has 176 valence electrons. The highest BCUT2D eigenvalue weighted by molar-refractivity contribution is 6.01. The molecule has 0 bridgehead atoms. The van der Waals surface area contributed by atoms with Crippen LogP contribution in [0.2, 0.25) is 0 Å². The maximum Gasteiger partial charge on any atom is 0.412 e. The number of ether oxygens (including phenoxy) is 1. The van der Waals surface area contributed by atoms with Crippen molar-refractivity contribution in [2.45, 2.75) is 18.4 Å². The molecular formula is C24H24N4O6. The van der Waals surface area contributed by atoms with E-state index >= 15 is 0 Å². The lowest BCUT2D eigenvalue weighted by molar-refractivity contribution is -0.155. The highest BCUT2D eigenvalue weighted by Crippen LogP contribution is 2.44. The minimum atomic E-state index is -2.14. The molecule has 2 aromatic carbocycles. The van der Waals surface area contributed by atoms with E-state index in [1.807, 2.05) is 48.5 Å². The summed E-state index contributed by atoms with van der Waals surface area (Å²) in [6, 6.07) is 15.9. The molecule has 34 heavy (non-hydrogen) atoms. The number of nitrogens with one attached hydrogen (secondary N) is 2. The fourth-order valence-electron chi connectivity index (χ4n) is 3.91. The SMILES string of the molecule is Cn1ncc(C(=O)NCC(C)(O)C(=O)O)c1NC(=O)OCC1c2ccccc2-c2ccccc21. The average molecular weight is 464 g/mol. The smallest absolute Gasteiger partial charge is 0.412 e. The number of carboxylic acids is 1. The van der Waals surface area contributed by atoms with Crippen molar-refractivity contribution in [3.63, 3.8) is 0 Å². The van der Waals surface area contributed by atoms with Crippen LogP contribution >= 0.6 is 0 Å². The molecule has 1 atom stereocenters. The molecule has 1 aliphatic rings. The second kappa shape index (κ2) is 8.99. The van der Waals surface area contributed by atoms with Gasteiger partial charge in [-0.2, -0.15) is 5.10 Å². The van der Waals surface area contributed by atoms with Crippen molar-refractivity contribution in [2.24, 2.45) is 7.05 Å². The minimum Gasteiger partial charge on any atom is -0.479 e. The first kappa shape index (κ1) is 23.0. The highest BCUT2D eigenvalue weighted by Gasteiger charge is 2.32. The summed E-state index contributed by atoms with van der Waals surface area (Å²) in [5.74, 6) is -2.23. The van der Waals surface area contributed by atoms with Gasteiger partial charge in [0.15, 0.2) is 5.60 Å². The lowest BCUT2D eigenvalue weighted by atomic mass is 9.98. The van der Waals surface area contributed by atoms with Crippen LogP contribution in [0.3, 0.4) is 0 Å². The number of aliphatic hydroxyl groups is 1. The Bertz CT molecular complexity index is 1220. The van der Waals surface area contributed by atoms with Crippen molar-refractivity contribution >= 4 is 23.8 Å². The zero-order valence-corrected chi connectivity index (χ0v) is 18.6. The molecule has 0 aliphatic heterocycles. The number of hydrogen-bond donors (Lipinski definition) is 4. The summed E-state index contributed by atoms with van der Waals surface area (Å²) < 4.78 is 6.79. The number of aryl methyl sites for hydroxylation is 1. The predicted octanol–water partition coefficient (Wildman–Crippen LogP) is 2.35. The summed E-state index contributed by atoms with van der Waals surface area (Å²) in [7, 11) is 1.53. The van der Waals surface area contributed by atoms with Gasteiger partial charge < -0.3 is 20.3 Å². The van der Waals surface area contributed by atoms with Gasteiger partial charge in [0.2, 0.25) is 0 Å². The van der Waals surface area contributed by atoms with Gasteiger partial charge in [-0.15, -0.1) is 0 Å². The van der Waals surface area contributed by atoms with E-state index in [1.165, 1.54) is 17.9 Å². The molecule has 0 spiro atoms. The van der Waals surface area contributed by atoms with Crippen molar-refractivity contribution in [2.75, 3.05) is 18.5 Å². The van der Waals surface area contributed by atoms with Crippen LogP contribution < -0.4 is 10.6 Å². The van der Waals surface area contributed by atoms with Crippen LogP contribution in [0, 0.1) is 0 Å². The van der Waals surface area contributed by atoms with Crippen molar-refractivity contribution in [3.8, 4) is 11.1 Å². The number of anilines is 1. The number of carbonyl (C=O) groups excluding carboxylic acids is 2. The zero-order valence-electron chi connectivity index (χ0n) is 18.6. The number of benzene rings is 2. The van der Waals surface area contributed by atoms with Crippen LogP contribution in [0.4, 0.5) is 10.6 Å². The molecular weight excluding hydrogens is 440 g/mol. The number of aromatic nitrogens is 2. The van der Waals surface area contributed by atoms with E-state index in [4.69, 9.17) is 9.84 Å². The van der Waals surface area contributed by atoms with Crippen LogP contribution in [0.15, 0.2) is 54.7 Å². The third kappa shape index (κ3) is 4.35. The topological polar surface area (TPSA) is 143 Å². The fraction of sp³-hybridized carbons (Fsp3) is 0.250. The van der Waals surface area contributed by atoms with Crippen LogP contribution in [-0.4, -0.2) is 56.7 Å². The minimum absolute atomic E-state index is 0.00260. The summed E-state index contributed by atoms with van der Waals surface area (Å²) in [6.45, 7) is 0.635. The first-order chi connectivity index (χ1) is 16.2. The summed E-state index contributed by atoms with van der Waals surface area (Å²) in [6.07, 6.45) is 0.459. The van der Waals surface area contributed by atoms with Gasteiger partial charge >= 0.3 is 12.1 Å². The largest absolute Gasteiger partial charge is 0.479 e. The molecule has 0 radical (unpaired) electrons. The Kier molecular flexibility index (Phi) is 6.08. The van der Waals surface area contributed by atoms with E-state index < -0.39 is 30.1 Å². The standard InChI is InChI=1S/C24H24N4O6/c1-24(33,22(30)31)13-25-21(29)18-11-26-28(2)20(18)27-23(32)34-12-19-16-9-5-3-7-14(16)15-8-4-6-10-17(15)19/h3-11,19,33H,12-13H2,1-2H3,(H,25,29)(H,27,32)(H,30,31). The summed E-state index contributed by atoms with van der Waals surface area (Å²) in [4.78, 5) is 36.1. The van der Waals surface area contributed by atoms with Crippen molar-refractivity contribution in [3.05, 3.63) is 71.4 Å². The number of carboxylic acid groups (broad SMARTS) is 1. The number of carbonyl (C=O) groups is 3. The van der Waals surface area contributed by atoms with Gasteiger partial charge in [0.25, 0.3) is 5.91 Å². The maximum atomic E-state index is 12.6. The average Bonchev–Trinajstić information content (AvgIpc) is 3.34. The van der Waals surface area contributed by atoms with E-state index in [0.29, 0.717) is 0 Å². The van der Waals surface area contributed by atoms with Crippen LogP contribution in [-0.2, 0) is 16.6 Å². The summed E-state index contributed by atoms with van der Waals surface area (Å²) in [5.41, 5.74) is 2.21. The Morgan fingerprint density at radius 1 is 1.09 bits per heavy atom. The van der Waals surface area contributed by atoms with E-state index in [1.54, 1.807) is 0 Å². The molecule has 4 N–H and O–H groups in total. The molecule has 1 unspecified atom stereocenters. The Balaban J connectivity index is 1.43. The lowest BCUT2D eigenvalue weighted by Gasteiger charge is -2.18. The normalized spacial score (nSPS) is 14.0. The highest BCUT2D eigenvalue weighted by atomic mass is 16.5. The van der Waals surface area contributed by atoms with Crippen molar-refractivity contribution in [1.29, 1.82) is 0 Å². The molecule has 1 heterocycles. The molecule has 3 aromatic rings. The van der Waals surface area contributed by atoms with Gasteiger partial charge in [0.1, 0.15) is 18.0 Å². The predicted molar refractivity (Wildman–Crippen MR) is 122 cm³/mol. The van der Waals surface area contributed by atoms with Gasteiger partial charge in [0.05, 0.1) is 12.7 Å². The summed E-state index contributed by atoms with van der Waals surface area (Å²) in [5, 5.41) is 27.6. The van der Waals surface area contributed by atoms with E-state index in [-0.39, 0.29) is 23.9 Å². The Morgan fingerprint density at radius 2 is 1.68 bits per heavy atom.